The van der Waals surface area contributed by atoms with E-state index in [1.807, 2.05) is 38.1 Å². The number of benzene rings is 2. The fourth-order valence-corrected chi connectivity index (χ4v) is 4.45. The van der Waals surface area contributed by atoms with Gasteiger partial charge in [0, 0.05) is 13.2 Å². The first kappa shape index (κ1) is 17.8. The molecular formula is C22H20Cl2O2. The van der Waals surface area contributed by atoms with Crippen LogP contribution in [0.5, 0.6) is 0 Å². The molecule has 0 aliphatic heterocycles. The van der Waals surface area contributed by atoms with Gasteiger partial charge in [0.15, 0.2) is 0 Å². The largest absolute Gasteiger partial charge is 0.368 e. The minimum Gasteiger partial charge on any atom is -0.368 e. The first-order chi connectivity index (χ1) is 12.7. The van der Waals surface area contributed by atoms with E-state index in [1.165, 1.54) is 0 Å². The molecule has 0 bridgehead atoms. The van der Waals surface area contributed by atoms with Crippen molar-refractivity contribution in [2.75, 3.05) is 13.2 Å². The van der Waals surface area contributed by atoms with Gasteiger partial charge in [-0.2, -0.15) is 0 Å². The average Bonchev–Trinajstić information content (AvgIpc) is 2.83. The molecule has 0 saturated heterocycles. The summed E-state index contributed by atoms with van der Waals surface area (Å²) in [5.74, 6) is 0. The molecule has 4 rings (SSSR count). The van der Waals surface area contributed by atoms with Crippen molar-refractivity contribution in [2.45, 2.75) is 26.1 Å². The van der Waals surface area contributed by atoms with E-state index in [-0.39, 0.29) is 12.2 Å². The van der Waals surface area contributed by atoms with E-state index in [0.717, 1.165) is 33.4 Å². The standard InChI is InChI=1S/C22H20Cl2O2/c1-3-25-21-15-9-5-7-14-12-18(24)22(26-4-2)16-10-6-8-13(11-17(21)23)20(16)19(14)15/h5-12,21-22H,3-4H2,1-2H3. The van der Waals surface area contributed by atoms with Crippen molar-refractivity contribution in [1.82, 2.24) is 0 Å². The SMILES string of the molecule is CCOC1C(Cl)=Cc2cccc3c2-c2c(cccc21)C=C(Cl)C3OCC. The molecule has 0 fully saturated rings. The zero-order chi connectivity index (χ0) is 18.3. The molecule has 2 atom stereocenters. The molecule has 2 aromatic rings. The molecule has 0 saturated carbocycles. The minimum absolute atomic E-state index is 0.285. The molecule has 134 valence electrons. The lowest BCUT2D eigenvalue weighted by Gasteiger charge is -2.22. The summed E-state index contributed by atoms with van der Waals surface area (Å²) in [7, 11) is 0. The maximum atomic E-state index is 6.68. The summed E-state index contributed by atoms with van der Waals surface area (Å²) in [6, 6.07) is 12.4. The highest BCUT2D eigenvalue weighted by Crippen LogP contribution is 2.50. The molecule has 4 heteroatoms. The van der Waals surface area contributed by atoms with Gasteiger partial charge in [-0.25, -0.2) is 0 Å². The van der Waals surface area contributed by atoms with Crippen LogP contribution in [0.1, 0.15) is 48.3 Å². The molecule has 26 heavy (non-hydrogen) atoms. The summed E-state index contributed by atoms with van der Waals surface area (Å²) < 4.78 is 12.0. The van der Waals surface area contributed by atoms with Crippen LogP contribution >= 0.6 is 23.2 Å². The third kappa shape index (κ3) is 2.82. The van der Waals surface area contributed by atoms with Gasteiger partial charge in [0.05, 0.1) is 10.1 Å². The Morgan fingerprint density at radius 1 is 0.731 bits per heavy atom. The smallest absolute Gasteiger partial charge is 0.119 e. The number of halogens is 2. The predicted molar refractivity (Wildman–Crippen MR) is 108 cm³/mol. The Morgan fingerprint density at radius 2 is 1.15 bits per heavy atom. The van der Waals surface area contributed by atoms with Gasteiger partial charge >= 0.3 is 0 Å². The summed E-state index contributed by atoms with van der Waals surface area (Å²) in [6.45, 7) is 5.13. The minimum atomic E-state index is -0.285. The van der Waals surface area contributed by atoms with Gasteiger partial charge in [-0.05, 0) is 59.4 Å². The first-order valence-corrected chi connectivity index (χ1v) is 9.64. The Bertz CT molecular complexity index is 839. The lowest BCUT2D eigenvalue weighted by molar-refractivity contribution is 0.0939. The van der Waals surface area contributed by atoms with E-state index >= 15 is 0 Å². The van der Waals surface area contributed by atoms with E-state index in [1.54, 1.807) is 0 Å². The van der Waals surface area contributed by atoms with Crippen molar-refractivity contribution in [2.24, 2.45) is 0 Å². The maximum Gasteiger partial charge on any atom is 0.119 e. The quantitative estimate of drug-likeness (QED) is 0.582. The summed E-state index contributed by atoms with van der Waals surface area (Å²) in [4.78, 5) is 0. The molecular weight excluding hydrogens is 367 g/mol. The molecule has 2 aliphatic carbocycles. The Labute approximate surface area is 164 Å². The van der Waals surface area contributed by atoms with E-state index in [9.17, 15) is 0 Å². The highest BCUT2D eigenvalue weighted by molar-refractivity contribution is 6.33. The third-order valence-electron chi connectivity index (χ3n) is 4.83. The second-order valence-corrected chi connectivity index (χ2v) is 7.23. The molecule has 0 amide bonds. The second kappa shape index (κ2) is 7.21. The molecule has 2 unspecified atom stereocenters. The molecule has 0 spiro atoms. The molecule has 0 heterocycles. The summed E-state index contributed by atoms with van der Waals surface area (Å²) in [5, 5.41) is 1.37. The van der Waals surface area contributed by atoms with Crippen LogP contribution in [-0.2, 0) is 9.47 Å². The molecule has 2 aromatic carbocycles. The topological polar surface area (TPSA) is 18.5 Å². The fraction of sp³-hybridized carbons (Fsp3) is 0.273. The monoisotopic (exact) mass is 386 g/mol. The molecule has 0 aromatic heterocycles. The lowest BCUT2D eigenvalue weighted by Crippen LogP contribution is -2.07. The number of hydrogen-bond acceptors (Lipinski definition) is 2. The van der Waals surface area contributed by atoms with Gasteiger partial charge in [-0.3, -0.25) is 0 Å². The lowest BCUT2D eigenvalue weighted by atomic mass is 9.88. The van der Waals surface area contributed by atoms with Gasteiger partial charge in [0.2, 0.25) is 0 Å². The average molecular weight is 387 g/mol. The van der Waals surface area contributed by atoms with Gasteiger partial charge < -0.3 is 9.47 Å². The van der Waals surface area contributed by atoms with Crippen LogP contribution < -0.4 is 0 Å². The van der Waals surface area contributed by atoms with Crippen molar-refractivity contribution >= 4 is 35.4 Å². The van der Waals surface area contributed by atoms with Crippen molar-refractivity contribution in [3.8, 4) is 11.1 Å². The van der Waals surface area contributed by atoms with E-state index < -0.39 is 0 Å². The van der Waals surface area contributed by atoms with Gasteiger partial charge in [-0.1, -0.05) is 59.6 Å². The molecule has 0 N–H and O–H groups in total. The van der Waals surface area contributed by atoms with Crippen molar-refractivity contribution in [3.05, 3.63) is 68.7 Å². The van der Waals surface area contributed by atoms with Gasteiger partial charge in [0.25, 0.3) is 0 Å². The highest BCUT2D eigenvalue weighted by atomic mass is 35.5. The number of hydrogen-bond donors (Lipinski definition) is 0. The number of rotatable bonds is 4. The van der Waals surface area contributed by atoms with Crippen molar-refractivity contribution < 1.29 is 9.47 Å². The van der Waals surface area contributed by atoms with Crippen molar-refractivity contribution in [3.63, 3.8) is 0 Å². The first-order valence-electron chi connectivity index (χ1n) is 8.89. The van der Waals surface area contributed by atoms with Crippen molar-refractivity contribution in [1.29, 1.82) is 0 Å². The fourth-order valence-electron chi connectivity index (χ4n) is 3.85. The summed E-state index contributed by atoms with van der Waals surface area (Å²) >= 11 is 13.4. The highest BCUT2D eigenvalue weighted by Gasteiger charge is 2.32. The maximum absolute atomic E-state index is 6.68. The van der Waals surface area contributed by atoms with Crippen LogP contribution in [0.25, 0.3) is 23.3 Å². The zero-order valence-corrected chi connectivity index (χ0v) is 16.3. The van der Waals surface area contributed by atoms with Crippen LogP contribution in [-0.4, -0.2) is 13.2 Å². The third-order valence-corrected chi connectivity index (χ3v) is 5.44. The Hall–Kier alpha value is -1.58. The second-order valence-electron chi connectivity index (χ2n) is 6.35. The molecule has 2 aliphatic rings. The Morgan fingerprint density at radius 3 is 1.54 bits per heavy atom. The van der Waals surface area contributed by atoms with E-state index in [2.05, 4.69) is 24.3 Å². The van der Waals surface area contributed by atoms with E-state index in [0.29, 0.717) is 23.3 Å². The van der Waals surface area contributed by atoms with Gasteiger partial charge in [-0.15, -0.1) is 0 Å². The summed E-state index contributed by atoms with van der Waals surface area (Å²) in [5.41, 5.74) is 6.51. The predicted octanol–water partition coefficient (Wildman–Crippen LogP) is 6.70. The summed E-state index contributed by atoms with van der Waals surface area (Å²) in [6.07, 6.45) is 3.44. The normalized spacial score (nSPS) is 20.6. The van der Waals surface area contributed by atoms with E-state index in [4.69, 9.17) is 32.7 Å². The Balaban J connectivity index is 2.09. The van der Waals surface area contributed by atoms with Crippen LogP contribution in [0.15, 0.2) is 46.5 Å². The molecule has 0 radical (unpaired) electrons. The van der Waals surface area contributed by atoms with Crippen LogP contribution in [0.2, 0.25) is 0 Å². The van der Waals surface area contributed by atoms with Crippen LogP contribution in [0.4, 0.5) is 0 Å². The number of ether oxygens (including phenoxy) is 2. The molecule has 2 nitrogen and oxygen atoms in total. The van der Waals surface area contributed by atoms with Crippen LogP contribution in [0, 0.1) is 0 Å². The van der Waals surface area contributed by atoms with Crippen LogP contribution in [0.3, 0.4) is 0 Å². The zero-order valence-electron chi connectivity index (χ0n) is 14.8. The van der Waals surface area contributed by atoms with Gasteiger partial charge in [0.1, 0.15) is 12.2 Å². The Kier molecular flexibility index (Phi) is 4.94.